The molecular formula is C19H15FN3O3-. The van der Waals surface area contributed by atoms with Crippen molar-refractivity contribution in [2.24, 2.45) is 0 Å². The highest BCUT2D eigenvalue weighted by Gasteiger charge is 2.29. The third kappa shape index (κ3) is 2.44. The third-order valence-corrected chi connectivity index (χ3v) is 4.79. The Balaban J connectivity index is 2.10. The Hall–Kier alpha value is -3.22. The summed E-state index contributed by atoms with van der Waals surface area (Å²) in [4.78, 5) is 27.8. The zero-order chi connectivity index (χ0) is 18.6. The van der Waals surface area contributed by atoms with Crippen LogP contribution in [0, 0.1) is 12.7 Å². The van der Waals surface area contributed by atoms with Gasteiger partial charge in [0, 0.05) is 23.5 Å². The van der Waals surface area contributed by atoms with Crippen molar-refractivity contribution in [1.29, 1.82) is 0 Å². The third-order valence-electron chi connectivity index (χ3n) is 4.79. The molecule has 1 saturated carbocycles. The maximum Gasteiger partial charge on any atom is 0.264 e. The standard InChI is InChI=1S/C19H16FN3O3/c1-9-16(11-4-5-15(21)22-7-11)14(20)8-23-17(9)12(10-2-3-10)6-13(18(23)24)19(25)26/h4-8,10H,2-3H2,1H3,(H2,21,22)(H,25,26)/p-1. The molecule has 0 aromatic carbocycles. The number of anilines is 1. The summed E-state index contributed by atoms with van der Waals surface area (Å²) in [6.07, 6.45) is 4.31. The Morgan fingerprint density at radius 1 is 1.38 bits per heavy atom. The molecule has 3 heterocycles. The van der Waals surface area contributed by atoms with Gasteiger partial charge in [0.1, 0.15) is 11.6 Å². The van der Waals surface area contributed by atoms with Crippen LogP contribution in [0.3, 0.4) is 0 Å². The second-order valence-electron chi connectivity index (χ2n) is 6.55. The number of aromatic carboxylic acids is 1. The molecule has 1 fully saturated rings. The molecular weight excluding hydrogens is 337 g/mol. The number of nitrogens with zero attached hydrogens (tertiary/aromatic N) is 2. The van der Waals surface area contributed by atoms with Crippen LogP contribution in [0.25, 0.3) is 16.6 Å². The number of nitrogen functional groups attached to an aromatic ring is 1. The van der Waals surface area contributed by atoms with Gasteiger partial charge in [-0.05, 0) is 55.0 Å². The molecule has 1 aliphatic carbocycles. The number of aromatic nitrogens is 2. The first-order chi connectivity index (χ1) is 12.4. The molecule has 3 aromatic rings. The summed E-state index contributed by atoms with van der Waals surface area (Å²) in [6.45, 7) is 1.72. The van der Waals surface area contributed by atoms with Crippen LogP contribution in [0.4, 0.5) is 10.2 Å². The molecule has 6 nitrogen and oxygen atoms in total. The minimum Gasteiger partial charge on any atom is -0.545 e. The molecule has 0 spiro atoms. The van der Waals surface area contributed by atoms with Gasteiger partial charge in [-0.1, -0.05) is 0 Å². The van der Waals surface area contributed by atoms with Gasteiger partial charge in [-0.25, -0.2) is 9.37 Å². The normalized spacial score (nSPS) is 13.9. The fraction of sp³-hybridized carbons (Fsp3) is 0.211. The SMILES string of the molecule is Cc1c(-c2ccc(N)nc2)c(F)cn2c(=O)c(C(=O)[O-])cc(C3CC3)c12. The second kappa shape index (κ2) is 5.66. The lowest BCUT2D eigenvalue weighted by atomic mass is 9.97. The lowest BCUT2D eigenvalue weighted by Crippen LogP contribution is -2.32. The molecule has 0 aliphatic heterocycles. The van der Waals surface area contributed by atoms with Crippen LogP contribution >= 0.6 is 0 Å². The molecule has 7 heteroatoms. The number of hydrogen-bond donors (Lipinski definition) is 1. The van der Waals surface area contributed by atoms with E-state index in [0.29, 0.717) is 28.0 Å². The zero-order valence-corrected chi connectivity index (χ0v) is 14.0. The first kappa shape index (κ1) is 16.3. The molecule has 132 valence electrons. The van der Waals surface area contributed by atoms with E-state index < -0.39 is 22.9 Å². The van der Waals surface area contributed by atoms with Crippen LogP contribution in [0.1, 0.15) is 40.2 Å². The van der Waals surface area contributed by atoms with Crippen molar-refractivity contribution < 1.29 is 14.3 Å². The smallest absolute Gasteiger partial charge is 0.264 e. The van der Waals surface area contributed by atoms with Crippen LogP contribution in [-0.2, 0) is 0 Å². The summed E-state index contributed by atoms with van der Waals surface area (Å²) in [5.41, 5.74) is 7.02. The molecule has 1 aliphatic rings. The van der Waals surface area contributed by atoms with E-state index in [2.05, 4.69) is 4.98 Å². The summed E-state index contributed by atoms with van der Waals surface area (Å²) in [6, 6.07) is 4.61. The molecule has 2 N–H and O–H groups in total. The number of pyridine rings is 3. The van der Waals surface area contributed by atoms with Gasteiger partial charge >= 0.3 is 0 Å². The number of carbonyl (C=O) groups excluding carboxylic acids is 1. The Morgan fingerprint density at radius 2 is 2.12 bits per heavy atom. The minimum atomic E-state index is -1.56. The summed E-state index contributed by atoms with van der Waals surface area (Å²) in [7, 11) is 0. The first-order valence-corrected chi connectivity index (χ1v) is 8.20. The Morgan fingerprint density at radius 3 is 2.69 bits per heavy atom. The van der Waals surface area contributed by atoms with Crippen molar-refractivity contribution in [3.8, 4) is 11.1 Å². The molecule has 26 heavy (non-hydrogen) atoms. The van der Waals surface area contributed by atoms with E-state index in [4.69, 9.17) is 5.73 Å². The van der Waals surface area contributed by atoms with Crippen molar-refractivity contribution in [3.05, 3.63) is 63.5 Å². The monoisotopic (exact) mass is 352 g/mol. The predicted molar refractivity (Wildman–Crippen MR) is 92.3 cm³/mol. The molecule has 0 bridgehead atoms. The molecule has 3 aromatic heterocycles. The van der Waals surface area contributed by atoms with Gasteiger partial charge in [0.05, 0.1) is 17.0 Å². The van der Waals surface area contributed by atoms with Gasteiger partial charge in [-0.2, -0.15) is 0 Å². The predicted octanol–water partition coefficient (Wildman–Crippen LogP) is 1.63. The lowest BCUT2D eigenvalue weighted by Gasteiger charge is -2.17. The van der Waals surface area contributed by atoms with E-state index in [-0.39, 0.29) is 5.92 Å². The molecule has 0 saturated heterocycles. The summed E-state index contributed by atoms with van der Waals surface area (Å²) >= 11 is 0. The van der Waals surface area contributed by atoms with Gasteiger partial charge < -0.3 is 15.6 Å². The van der Waals surface area contributed by atoms with Crippen molar-refractivity contribution in [1.82, 2.24) is 9.38 Å². The Labute approximate surface area is 147 Å². The van der Waals surface area contributed by atoms with Crippen molar-refractivity contribution in [2.45, 2.75) is 25.7 Å². The number of carboxylic acid groups (broad SMARTS) is 1. The molecule has 0 amide bonds. The van der Waals surface area contributed by atoms with Crippen molar-refractivity contribution in [3.63, 3.8) is 0 Å². The average Bonchev–Trinajstić information content (AvgIpc) is 3.42. The number of carboxylic acids is 1. The van der Waals surface area contributed by atoms with E-state index in [0.717, 1.165) is 29.0 Å². The maximum absolute atomic E-state index is 14.8. The number of halogens is 1. The van der Waals surface area contributed by atoms with Crippen LogP contribution < -0.4 is 16.4 Å². The van der Waals surface area contributed by atoms with E-state index in [1.807, 2.05) is 0 Å². The number of rotatable bonds is 3. The summed E-state index contributed by atoms with van der Waals surface area (Å²) < 4.78 is 15.9. The molecule has 4 rings (SSSR count). The van der Waals surface area contributed by atoms with E-state index in [1.54, 1.807) is 19.1 Å². The van der Waals surface area contributed by atoms with Crippen LogP contribution in [0.15, 0.2) is 35.4 Å². The number of hydrogen-bond acceptors (Lipinski definition) is 5. The summed E-state index contributed by atoms with van der Waals surface area (Å²) in [5.74, 6) is -1.72. The van der Waals surface area contributed by atoms with Gasteiger partial charge in [-0.3, -0.25) is 9.20 Å². The highest BCUT2D eigenvalue weighted by atomic mass is 19.1. The van der Waals surface area contributed by atoms with Gasteiger partial charge in [0.25, 0.3) is 5.56 Å². The van der Waals surface area contributed by atoms with Crippen LogP contribution in [0.2, 0.25) is 0 Å². The highest BCUT2D eigenvalue weighted by molar-refractivity contribution is 5.88. The molecule has 0 atom stereocenters. The number of nitrogens with two attached hydrogens (primary N) is 1. The Bertz CT molecular complexity index is 1120. The van der Waals surface area contributed by atoms with Crippen LogP contribution in [-0.4, -0.2) is 15.4 Å². The topological polar surface area (TPSA) is 101 Å². The van der Waals surface area contributed by atoms with Crippen LogP contribution in [0.5, 0.6) is 0 Å². The fourth-order valence-corrected chi connectivity index (χ4v) is 3.41. The zero-order valence-electron chi connectivity index (χ0n) is 14.0. The lowest BCUT2D eigenvalue weighted by molar-refractivity contribution is -0.255. The minimum absolute atomic E-state index is 0.158. The van der Waals surface area contributed by atoms with Crippen molar-refractivity contribution in [2.75, 3.05) is 5.73 Å². The van der Waals surface area contributed by atoms with E-state index in [9.17, 15) is 19.1 Å². The first-order valence-electron chi connectivity index (χ1n) is 8.20. The molecule has 0 unspecified atom stereocenters. The fourth-order valence-electron chi connectivity index (χ4n) is 3.41. The largest absolute Gasteiger partial charge is 0.545 e. The quantitative estimate of drug-likeness (QED) is 0.772. The second-order valence-corrected chi connectivity index (χ2v) is 6.55. The number of fused-ring (bicyclic) bond motifs is 1. The highest BCUT2D eigenvalue weighted by Crippen LogP contribution is 2.43. The maximum atomic E-state index is 14.8. The van der Waals surface area contributed by atoms with Gasteiger partial charge in [0.15, 0.2) is 0 Å². The van der Waals surface area contributed by atoms with E-state index >= 15 is 0 Å². The van der Waals surface area contributed by atoms with Gasteiger partial charge in [-0.15, -0.1) is 0 Å². The van der Waals surface area contributed by atoms with Gasteiger partial charge in [0.2, 0.25) is 0 Å². The van der Waals surface area contributed by atoms with E-state index in [1.165, 1.54) is 12.3 Å². The summed E-state index contributed by atoms with van der Waals surface area (Å²) in [5, 5.41) is 11.3. The number of carbonyl (C=O) groups is 1. The van der Waals surface area contributed by atoms with Crippen molar-refractivity contribution >= 4 is 17.3 Å². The number of aryl methyl sites for hydroxylation is 1. The molecule has 0 radical (unpaired) electrons. The average molecular weight is 352 g/mol. The Kier molecular flexibility index (Phi) is 3.54.